The average molecular weight is 413 g/mol. The van der Waals surface area contributed by atoms with Crippen molar-refractivity contribution >= 4 is 33.4 Å². The van der Waals surface area contributed by atoms with E-state index in [1.807, 2.05) is 30.3 Å². The molecule has 2 heterocycles. The molecule has 152 valence electrons. The zero-order valence-electron chi connectivity index (χ0n) is 16.2. The number of ether oxygens (including phenoxy) is 1. The molecule has 0 aliphatic rings. The number of nitrogens with zero attached hydrogens (tertiary/aromatic N) is 2. The Bertz CT molecular complexity index is 1040. The molecule has 0 bridgehead atoms. The fourth-order valence-corrected chi connectivity index (χ4v) is 3.80. The Balaban J connectivity index is 1.61. The van der Waals surface area contributed by atoms with E-state index in [4.69, 9.17) is 4.74 Å². The molecule has 3 aromatic rings. The van der Waals surface area contributed by atoms with Gasteiger partial charge >= 0.3 is 5.97 Å². The second-order valence-corrected chi connectivity index (χ2v) is 7.62. The van der Waals surface area contributed by atoms with Gasteiger partial charge in [-0.2, -0.15) is 0 Å². The molecule has 1 amide bonds. The summed E-state index contributed by atoms with van der Waals surface area (Å²) < 4.78 is 6.17. The first-order valence-corrected chi connectivity index (χ1v) is 10.4. The topological polar surface area (TPSA) is 90.3 Å². The van der Waals surface area contributed by atoms with E-state index in [2.05, 4.69) is 17.2 Å². The number of benzene rings is 1. The van der Waals surface area contributed by atoms with Crippen molar-refractivity contribution in [3.63, 3.8) is 0 Å². The van der Waals surface area contributed by atoms with Gasteiger partial charge in [-0.3, -0.25) is 19.0 Å². The Morgan fingerprint density at radius 2 is 2.00 bits per heavy atom. The van der Waals surface area contributed by atoms with Crippen molar-refractivity contribution in [3.8, 4) is 10.4 Å². The first-order valence-electron chi connectivity index (χ1n) is 9.55. The third-order valence-electron chi connectivity index (χ3n) is 4.34. The van der Waals surface area contributed by atoms with E-state index < -0.39 is 5.97 Å². The van der Waals surface area contributed by atoms with Crippen molar-refractivity contribution in [1.29, 1.82) is 0 Å². The maximum absolute atomic E-state index is 12.7. The fourth-order valence-electron chi connectivity index (χ4n) is 2.80. The molecule has 0 radical (unpaired) electrons. The minimum Gasteiger partial charge on any atom is -0.454 e. The van der Waals surface area contributed by atoms with Crippen molar-refractivity contribution in [2.45, 2.75) is 32.7 Å². The molecular weight excluding hydrogens is 390 g/mol. The number of hydrogen-bond donors (Lipinski definition) is 1. The van der Waals surface area contributed by atoms with E-state index in [-0.39, 0.29) is 24.6 Å². The predicted molar refractivity (Wildman–Crippen MR) is 113 cm³/mol. The van der Waals surface area contributed by atoms with Gasteiger partial charge < -0.3 is 10.1 Å². The number of amides is 1. The molecule has 0 unspecified atom stereocenters. The van der Waals surface area contributed by atoms with Crippen LogP contribution in [0.15, 0.2) is 47.5 Å². The first kappa shape index (κ1) is 20.7. The minimum atomic E-state index is -0.657. The summed E-state index contributed by atoms with van der Waals surface area (Å²) >= 11 is 1.42. The van der Waals surface area contributed by atoms with Crippen molar-refractivity contribution in [1.82, 2.24) is 14.9 Å². The molecule has 3 rings (SSSR count). The van der Waals surface area contributed by atoms with E-state index in [9.17, 15) is 14.4 Å². The van der Waals surface area contributed by atoms with Crippen LogP contribution < -0.4 is 10.9 Å². The van der Waals surface area contributed by atoms with E-state index in [0.29, 0.717) is 16.8 Å². The van der Waals surface area contributed by atoms with Gasteiger partial charge in [-0.25, -0.2) is 4.98 Å². The highest BCUT2D eigenvalue weighted by Gasteiger charge is 2.13. The minimum absolute atomic E-state index is 0.290. The lowest BCUT2D eigenvalue weighted by Crippen LogP contribution is -2.31. The molecule has 29 heavy (non-hydrogen) atoms. The molecule has 0 aliphatic heterocycles. The van der Waals surface area contributed by atoms with Gasteiger partial charge in [0.2, 0.25) is 0 Å². The van der Waals surface area contributed by atoms with Crippen LogP contribution in [0.3, 0.4) is 0 Å². The SMILES string of the molecule is CCCCCNC(=O)COC(=O)Cn1cnc2sc(-c3ccccc3)cc2c1=O. The Kier molecular flexibility index (Phi) is 7.13. The number of aromatic nitrogens is 2. The lowest BCUT2D eigenvalue weighted by molar-refractivity contribution is -0.149. The molecule has 1 aromatic carbocycles. The standard InChI is InChI=1S/C21H23N3O4S/c1-2-3-7-10-22-18(25)13-28-19(26)12-24-14-23-20-16(21(24)27)11-17(29-20)15-8-5-4-6-9-15/h4-6,8-9,11,14H,2-3,7,10,12-13H2,1H3,(H,22,25). The van der Waals surface area contributed by atoms with Crippen LogP contribution in [0.2, 0.25) is 0 Å². The van der Waals surface area contributed by atoms with Gasteiger partial charge in [-0.05, 0) is 18.1 Å². The van der Waals surface area contributed by atoms with E-state index in [1.165, 1.54) is 22.2 Å². The Morgan fingerprint density at radius 1 is 1.21 bits per heavy atom. The van der Waals surface area contributed by atoms with Gasteiger partial charge in [0.05, 0.1) is 11.7 Å². The van der Waals surface area contributed by atoms with Gasteiger partial charge in [-0.1, -0.05) is 50.1 Å². The van der Waals surface area contributed by atoms with Crippen molar-refractivity contribution in [2.75, 3.05) is 13.2 Å². The monoisotopic (exact) mass is 413 g/mol. The predicted octanol–water partition coefficient (Wildman–Crippen LogP) is 2.97. The number of nitrogens with one attached hydrogen (secondary N) is 1. The molecule has 0 saturated carbocycles. The molecule has 1 N–H and O–H groups in total. The lowest BCUT2D eigenvalue weighted by atomic mass is 10.2. The molecule has 0 atom stereocenters. The molecule has 0 spiro atoms. The average Bonchev–Trinajstić information content (AvgIpc) is 3.18. The fraction of sp³-hybridized carbons (Fsp3) is 0.333. The summed E-state index contributed by atoms with van der Waals surface area (Å²) in [5, 5.41) is 3.15. The lowest BCUT2D eigenvalue weighted by Gasteiger charge is -2.07. The highest BCUT2D eigenvalue weighted by atomic mass is 32.1. The van der Waals surface area contributed by atoms with Gasteiger partial charge in [0.15, 0.2) is 6.61 Å². The van der Waals surface area contributed by atoms with E-state index in [0.717, 1.165) is 29.7 Å². The molecule has 8 heteroatoms. The summed E-state index contributed by atoms with van der Waals surface area (Å²) in [5.41, 5.74) is 0.695. The smallest absolute Gasteiger partial charge is 0.326 e. The van der Waals surface area contributed by atoms with Crippen LogP contribution in [0.1, 0.15) is 26.2 Å². The quantitative estimate of drug-likeness (QED) is 0.430. The Hall–Kier alpha value is -3.00. The van der Waals surface area contributed by atoms with Crippen molar-refractivity contribution in [2.24, 2.45) is 0 Å². The van der Waals surface area contributed by atoms with Crippen molar-refractivity contribution < 1.29 is 14.3 Å². The zero-order valence-corrected chi connectivity index (χ0v) is 17.0. The molecule has 0 fully saturated rings. The Morgan fingerprint density at radius 3 is 2.76 bits per heavy atom. The molecule has 0 aliphatic carbocycles. The molecular formula is C21H23N3O4S. The first-order chi connectivity index (χ1) is 14.1. The number of rotatable bonds is 9. The number of esters is 1. The summed E-state index contributed by atoms with van der Waals surface area (Å²) in [7, 11) is 0. The summed E-state index contributed by atoms with van der Waals surface area (Å²) in [6, 6.07) is 11.5. The number of carbonyl (C=O) groups is 2. The maximum atomic E-state index is 12.7. The number of hydrogen-bond acceptors (Lipinski definition) is 6. The zero-order chi connectivity index (χ0) is 20.6. The van der Waals surface area contributed by atoms with Crippen LogP contribution >= 0.6 is 11.3 Å². The summed E-state index contributed by atoms with van der Waals surface area (Å²) in [5.74, 6) is -1.00. The number of unbranched alkanes of at least 4 members (excludes halogenated alkanes) is 2. The number of carbonyl (C=O) groups excluding carboxylic acids is 2. The molecule has 7 nitrogen and oxygen atoms in total. The van der Waals surface area contributed by atoms with Gasteiger partial charge in [0.1, 0.15) is 11.4 Å². The second-order valence-electron chi connectivity index (χ2n) is 6.59. The van der Waals surface area contributed by atoms with Crippen LogP contribution in [0, 0.1) is 0 Å². The summed E-state index contributed by atoms with van der Waals surface area (Å²) in [4.78, 5) is 42.2. The van der Waals surface area contributed by atoms with Crippen LogP contribution in [0.5, 0.6) is 0 Å². The van der Waals surface area contributed by atoms with Crippen molar-refractivity contribution in [3.05, 3.63) is 53.1 Å². The van der Waals surface area contributed by atoms with E-state index >= 15 is 0 Å². The van der Waals surface area contributed by atoms with Gasteiger partial charge in [-0.15, -0.1) is 11.3 Å². The van der Waals surface area contributed by atoms with Crippen LogP contribution in [0.4, 0.5) is 0 Å². The Labute approximate surface area is 172 Å². The molecule has 2 aromatic heterocycles. The highest BCUT2D eigenvalue weighted by molar-refractivity contribution is 7.21. The summed E-state index contributed by atoms with van der Waals surface area (Å²) in [6.07, 6.45) is 4.33. The highest BCUT2D eigenvalue weighted by Crippen LogP contribution is 2.30. The summed E-state index contributed by atoms with van der Waals surface area (Å²) in [6.45, 7) is 2.00. The van der Waals surface area contributed by atoms with Gasteiger partial charge in [0.25, 0.3) is 11.5 Å². The number of fused-ring (bicyclic) bond motifs is 1. The normalized spacial score (nSPS) is 10.8. The largest absolute Gasteiger partial charge is 0.454 e. The number of thiophene rings is 1. The van der Waals surface area contributed by atoms with E-state index in [1.54, 1.807) is 6.07 Å². The third-order valence-corrected chi connectivity index (χ3v) is 5.43. The van der Waals surface area contributed by atoms with Crippen LogP contribution in [-0.4, -0.2) is 34.6 Å². The second kappa shape index (κ2) is 9.97. The van der Waals surface area contributed by atoms with Crippen LogP contribution in [0.25, 0.3) is 20.7 Å². The third kappa shape index (κ3) is 5.51. The molecule has 0 saturated heterocycles. The van der Waals surface area contributed by atoms with Gasteiger partial charge in [0, 0.05) is 11.4 Å². The van der Waals surface area contributed by atoms with Crippen LogP contribution in [-0.2, 0) is 20.9 Å². The maximum Gasteiger partial charge on any atom is 0.326 e.